The molecule has 1 aromatic heterocycles. The van der Waals surface area contributed by atoms with Crippen LogP contribution in [0.4, 0.5) is 0 Å². The molecule has 0 radical (unpaired) electrons. The number of carbonyl (C=O) groups is 1. The number of nitrogens with one attached hydrogen (secondary N) is 3. The van der Waals surface area contributed by atoms with E-state index in [4.69, 9.17) is 0 Å². The van der Waals surface area contributed by atoms with E-state index in [2.05, 4.69) is 34.2 Å². The molecule has 1 amide bonds. The second-order valence-corrected chi connectivity index (χ2v) is 5.80. The van der Waals surface area contributed by atoms with E-state index < -0.39 is 0 Å². The number of amides is 1. The van der Waals surface area contributed by atoms with Gasteiger partial charge in [-0.05, 0) is 38.1 Å². The standard InChI is InChI=1S/C15H20N4O/c1-10-8-19(2)6-5-12(10)18-15(20)11-3-4-13-14(7-11)17-9-16-13/h3-4,7,9-10,12H,5-6,8H2,1-2H3,(H,16,17)(H,18,20)/p+1. The average molecular weight is 273 g/mol. The van der Waals surface area contributed by atoms with Gasteiger partial charge in [0.05, 0.1) is 0 Å². The van der Waals surface area contributed by atoms with Crippen molar-refractivity contribution >= 4 is 16.9 Å². The Bertz CT molecular complexity index is 621. The summed E-state index contributed by atoms with van der Waals surface area (Å²) in [6.07, 6.45) is 2.79. The zero-order valence-electron chi connectivity index (χ0n) is 11.9. The van der Waals surface area contributed by atoms with Crippen LogP contribution in [0.2, 0.25) is 0 Å². The minimum absolute atomic E-state index is 0.0166. The maximum atomic E-state index is 12.4. The molecule has 0 bridgehead atoms. The van der Waals surface area contributed by atoms with Crippen molar-refractivity contribution in [3.05, 3.63) is 30.1 Å². The Morgan fingerprint density at radius 2 is 2.35 bits per heavy atom. The maximum Gasteiger partial charge on any atom is 0.251 e. The third kappa shape index (κ3) is 2.54. The van der Waals surface area contributed by atoms with Gasteiger partial charge in [-0.3, -0.25) is 4.79 Å². The summed E-state index contributed by atoms with van der Waals surface area (Å²) in [5, 5.41) is 3.17. The molecule has 2 unspecified atom stereocenters. The lowest BCUT2D eigenvalue weighted by Crippen LogP contribution is -2.48. The number of aromatic amines is 2. The number of piperidine rings is 1. The van der Waals surface area contributed by atoms with E-state index >= 15 is 0 Å². The Hall–Kier alpha value is -1.88. The van der Waals surface area contributed by atoms with Crippen molar-refractivity contribution in [2.45, 2.75) is 19.4 Å². The molecule has 2 atom stereocenters. The fourth-order valence-corrected chi connectivity index (χ4v) is 2.94. The van der Waals surface area contributed by atoms with Crippen molar-refractivity contribution in [3.8, 4) is 0 Å². The van der Waals surface area contributed by atoms with E-state index in [9.17, 15) is 4.79 Å². The zero-order valence-corrected chi connectivity index (χ0v) is 11.9. The first-order valence-electron chi connectivity index (χ1n) is 7.12. The van der Waals surface area contributed by atoms with Crippen molar-refractivity contribution < 1.29 is 9.78 Å². The highest BCUT2D eigenvalue weighted by Crippen LogP contribution is 2.16. The van der Waals surface area contributed by atoms with Crippen LogP contribution < -0.4 is 10.3 Å². The van der Waals surface area contributed by atoms with Crippen molar-refractivity contribution in [1.29, 1.82) is 0 Å². The van der Waals surface area contributed by atoms with Gasteiger partial charge in [-0.15, -0.1) is 0 Å². The van der Waals surface area contributed by atoms with Crippen LogP contribution in [0.3, 0.4) is 0 Å². The van der Waals surface area contributed by atoms with Crippen LogP contribution in [0.1, 0.15) is 23.7 Å². The number of aromatic nitrogens is 2. The van der Waals surface area contributed by atoms with Gasteiger partial charge in [0.2, 0.25) is 6.33 Å². The van der Waals surface area contributed by atoms with Gasteiger partial charge in [0.25, 0.3) is 5.91 Å². The lowest BCUT2D eigenvalue weighted by molar-refractivity contribution is -0.344. The summed E-state index contributed by atoms with van der Waals surface area (Å²) >= 11 is 0. The molecule has 2 aromatic rings. The summed E-state index contributed by atoms with van der Waals surface area (Å²) in [6, 6.07) is 5.95. The van der Waals surface area contributed by atoms with Gasteiger partial charge in [0.1, 0.15) is 0 Å². The molecule has 2 heterocycles. The molecular weight excluding hydrogens is 252 g/mol. The Kier molecular flexibility index (Phi) is 3.44. The highest BCUT2D eigenvalue weighted by atomic mass is 16.1. The SMILES string of the molecule is CC1CN(C)CCC1NC(=O)c1ccc2[nH+]c[nH]c2c1. The molecule has 3 N–H and O–H groups in total. The highest BCUT2D eigenvalue weighted by Gasteiger charge is 2.25. The van der Waals surface area contributed by atoms with Crippen molar-refractivity contribution in [1.82, 2.24) is 15.2 Å². The first kappa shape index (κ1) is 13.1. The highest BCUT2D eigenvalue weighted by molar-refractivity contribution is 5.97. The summed E-state index contributed by atoms with van der Waals surface area (Å²) in [4.78, 5) is 20.8. The monoisotopic (exact) mass is 273 g/mol. The van der Waals surface area contributed by atoms with Crippen LogP contribution in [0.5, 0.6) is 0 Å². The Morgan fingerprint density at radius 3 is 3.15 bits per heavy atom. The number of fused-ring (bicyclic) bond motifs is 1. The third-order valence-corrected chi connectivity index (χ3v) is 4.16. The van der Waals surface area contributed by atoms with Crippen LogP contribution in [0.25, 0.3) is 11.0 Å². The van der Waals surface area contributed by atoms with Gasteiger partial charge in [0, 0.05) is 24.2 Å². The van der Waals surface area contributed by atoms with E-state index in [1.807, 2.05) is 18.2 Å². The van der Waals surface area contributed by atoms with Gasteiger partial charge >= 0.3 is 0 Å². The van der Waals surface area contributed by atoms with Crippen LogP contribution in [0.15, 0.2) is 24.5 Å². The Labute approximate surface area is 118 Å². The number of hydrogen-bond donors (Lipinski definition) is 2. The topological polar surface area (TPSA) is 62.3 Å². The molecule has 1 fully saturated rings. The molecule has 1 aromatic carbocycles. The second-order valence-electron chi connectivity index (χ2n) is 5.80. The van der Waals surface area contributed by atoms with Gasteiger partial charge in [-0.2, -0.15) is 0 Å². The van der Waals surface area contributed by atoms with Crippen LogP contribution in [0, 0.1) is 5.92 Å². The number of H-pyrrole nitrogens is 2. The average Bonchev–Trinajstić information content (AvgIpc) is 2.89. The van der Waals surface area contributed by atoms with Crippen molar-refractivity contribution in [3.63, 3.8) is 0 Å². The van der Waals surface area contributed by atoms with Crippen molar-refractivity contribution in [2.24, 2.45) is 5.92 Å². The number of imidazole rings is 1. The molecule has 1 aliphatic heterocycles. The molecule has 1 saturated heterocycles. The van der Waals surface area contributed by atoms with Gasteiger partial charge < -0.3 is 10.2 Å². The molecule has 5 heteroatoms. The summed E-state index contributed by atoms with van der Waals surface area (Å²) < 4.78 is 0. The number of hydrogen-bond acceptors (Lipinski definition) is 2. The molecule has 20 heavy (non-hydrogen) atoms. The van der Waals surface area contributed by atoms with Crippen LogP contribution in [-0.2, 0) is 0 Å². The number of carbonyl (C=O) groups excluding carboxylic acids is 1. The smallest absolute Gasteiger partial charge is 0.251 e. The third-order valence-electron chi connectivity index (χ3n) is 4.16. The Balaban J connectivity index is 1.72. The zero-order chi connectivity index (χ0) is 14.1. The summed E-state index contributed by atoms with van der Waals surface area (Å²) in [5.74, 6) is 0.503. The first-order chi connectivity index (χ1) is 9.63. The molecular formula is C15H21N4O+. The van der Waals surface area contributed by atoms with E-state index in [0.717, 1.165) is 30.5 Å². The van der Waals surface area contributed by atoms with Crippen LogP contribution in [-0.4, -0.2) is 42.0 Å². The predicted octanol–water partition coefficient (Wildman–Crippen LogP) is 1.05. The predicted molar refractivity (Wildman–Crippen MR) is 77.4 cm³/mol. The largest absolute Gasteiger partial charge is 0.349 e. The molecule has 0 spiro atoms. The van der Waals surface area contributed by atoms with Gasteiger partial charge in [-0.1, -0.05) is 6.92 Å². The molecule has 0 aliphatic carbocycles. The number of likely N-dealkylation sites (tertiary alicyclic amines) is 1. The minimum Gasteiger partial charge on any atom is -0.349 e. The number of rotatable bonds is 2. The number of nitrogens with zero attached hydrogens (tertiary/aromatic N) is 1. The van der Waals surface area contributed by atoms with E-state index in [1.165, 1.54) is 0 Å². The van der Waals surface area contributed by atoms with E-state index in [0.29, 0.717) is 11.5 Å². The minimum atomic E-state index is 0.0166. The molecule has 5 nitrogen and oxygen atoms in total. The summed E-state index contributed by atoms with van der Waals surface area (Å²) in [7, 11) is 2.13. The molecule has 1 aliphatic rings. The fraction of sp³-hybridized carbons (Fsp3) is 0.467. The van der Waals surface area contributed by atoms with E-state index in [-0.39, 0.29) is 11.9 Å². The fourth-order valence-electron chi connectivity index (χ4n) is 2.94. The maximum absolute atomic E-state index is 12.4. The molecule has 3 rings (SSSR count). The lowest BCUT2D eigenvalue weighted by atomic mass is 9.94. The molecule has 106 valence electrons. The summed E-state index contributed by atoms with van der Waals surface area (Å²) in [5.41, 5.74) is 2.67. The van der Waals surface area contributed by atoms with Gasteiger partial charge in [0.15, 0.2) is 11.0 Å². The summed E-state index contributed by atoms with van der Waals surface area (Å²) in [6.45, 7) is 4.28. The van der Waals surface area contributed by atoms with Gasteiger partial charge in [-0.25, -0.2) is 9.97 Å². The van der Waals surface area contributed by atoms with E-state index in [1.54, 1.807) is 6.33 Å². The quantitative estimate of drug-likeness (QED) is 0.859. The second kappa shape index (κ2) is 5.25. The normalized spacial score (nSPS) is 23.9. The molecule has 0 saturated carbocycles. The lowest BCUT2D eigenvalue weighted by Gasteiger charge is -2.35. The first-order valence-corrected chi connectivity index (χ1v) is 7.12. The Morgan fingerprint density at radius 1 is 1.50 bits per heavy atom. The van der Waals surface area contributed by atoms with Crippen LogP contribution >= 0.6 is 0 Å². The van der Waals surface area contributed by atoms with Crippen molar-refractivity contribution in [2.75, 3.05) is 20.1 Å². The number of benzene rings is 1.